The van der Waals surface area contributed by atoms with E-state index in [9.17, 15) is 4.79 Å². The lowest BCUT2D eigenvalue weighted by molar-refractivity contribution is -0.127. The van der Waals surface area contributed by atoms with E-state index in [1.54, 1.807) is 0 Å². The van der Waals surface area contributed by atoms with E-state index in [-0.39, 0.29) is 17.4 Å². The first-order chi connectivity index (χ1) is 13.8. The summed E-state index contributed by atoms with van der Waals surface area (Å²) >= 11 is 0. The Hall–Kier alpha value is -2.37. The highest BCUT2D eigenvalue weighted by Crippen LogP contribution is 2.34. The average molecular weight is 380 g/mol. The molecule has 1 atom stereocenters. The van der Waals surface area contributed by atoms with E-state index in [4.69, 9.17) is 9.47 Å². The molecule has 0 radical (unpaired) electrons. The van der Waals surface area contributed by atoms with Crippen LogP contribution in [0, 0.1) is 5.92 Å². The van der Waals surface area contributed by atoms with Crippen LogP contribution in [0.5, 0.6) is 5.75 Å². The van der Waals surface area contributed by atoms with Crippen LogP contribution in [0.3, 0.4) is 0 Å². The molecule has 2 aromatic rings. The summed E-state index contributed by atoms with van der Waals surface area (Å²) in [6.07, 6.45) is 2.50. The van der Waals surface area contributed by atoms with Gasteiger partial charge in [-0.2, -0.15) is 0 Å². The van der Waals surface area contributed by atoms with Gasteiger partial charge in [0, 0.05) is 19.8 Å². The minimum absolute atomic E-state index is 0.0631. The number of rotatable bonds is 6. The molecule has 2 heterocycles. The first kappa shape index (κ1) is 19.0. The summed E-state index contributed by atoms with van der Waals surface area (Å²) in [7, 11) is 0. The van der Waals surface area contributed by atoms with Crippen molar-refractivity contribution in [3.05, 3.63) is 65.7 Å². The maximum absolute atomic E-state index is 12.8. The number of benzene rings is 2. The van der Waals surface area contributed by atoms with Crippen molar-refractivity contribution in [1.29, 1.82) is 0 Å². The number of carbonyl (C=O) groups is 1. The van der Waals surface area contributed by atoms with Crippen LogP contribution in [0.1, 0.15) is 30.4 Å². The molecule has 1 unspecified atom stereocenters. The summed E-state index contributed by atoms with van der Waals surface area (Å²) in [5.74, 6) is 1.05. The van der Waals surface area contributed by atoms with Crippen LogP contribution in [0.25, 0.3) is 0 Å². The van der Waals surface area contributed by atoms with Gasteiger partial charge in [-0.05, 0) is 49.1 Å². The fourth-order valence-electron chi connectivity index (χ4n) is 4.03. The van der Waals surface area contributed by atoms with Gasteiger partial charge < -0.3 is 20.1 Å². The fraction of sp³-hybridized carbons (Fsp3) is 0.435. The SMILES string of the molecule is O=C(NC1(c2ccc(OCc3ccccc3)cc2)CCOCC1)C1CCNC1. The van der Waals surface area contributed by atoms with E-state index >= 15 is 0 Å². The Bertz CT molecular complexity index is 764. The molecule has 2 aliphatic heterocycles. The summed E-state index contributed by atoms with van der Waals surface area (Å²) < 4.78 is 11.5. The molecule has 28 heavy (non-hydrogen) atoms. The molecule has 5 heteroatoms. The van der Waals surface area contributed by atoms with Crippen LogP contribution < -0.4 is 15.4 Å². The van der Waals surface area contributed by atoms with Crippen LogP contribution in [0.4, 0.5) is 0 Å². The molecule has 0 spiro atoms. The predicted octanol–water partition coefficient (Wildman–Crippen LogP) is 3.00. The van der Waals surface area contributed by atoms with Gasteiger partial charge in [-0.25, -0.2) is 0 Å². The number of hydrogen-bond donors (Lipinski definition) is 2. The van der Waals surface area contributed by atoms with E-state index in [2.05, 4.69) is 34.9 Å². The lowest BCUT2D eigenvalue weighted by Gasteiger charge is -2.39. The first-order valence-corrected chi connectivity index (χ1v) is 10.1. The lowest BCUT2D eigenvalue weighted by atomic mass is 9.82. The third kappa shape index (κ3) is 4.37. The number of carbonyl (C=O) groups excluding carboxylic acids is 1. The van der Waals surface area contributed by atoms with E-state index in [1.165, 1.54) is 0 Å². The van der Waals surface area contributed by atoms with Crippen molar-refractivity contribution in [2.45, 2.75) is 31.4 Å². The number of nitrogens with one attached hydrogen (secondary N) is 2. The van der Waals surface area contributed by atoms with Crippen LogP contribution in [0.15, 0.2) is 54.6 Å². The maximum Gasteiger partial charge on any atom is 0.225 e. The summed E-state index contributed by atoms with van der Waals surface area (Å²) in [4.78, 5) is 12.8. The van der Waals surface area contributed by atoms with Gasteiger partial charge in [0.25, 0.3) is 0 Å². The van der Waals surface area contributed by atoms with Crippen LogP contribution in [-0.4, -0.2) is 32.2 Å². The van der Waals surface area contributed by atoms with Gasteiger partial charge in [0.05, 0.1) is 11.5 Å². The van der Waals surface area contributed by atoms with Gasteiger partial charge in [0.2, 0.25) is 5.91 Å². The van der Waals surface area contributed by atoms with Crippen molar-refractivity contribution < 1.29 is 14.3 Å². The second-order valence-corrected chi connectivity index (χ2v) is 7.67. The minimum atomic E-state index is -0.351. The zero-order valence-corrected chi connectivity index (χ0v) is 16.2. The number of amides is 1. The molecule has 2 aliphatic rings. The monoisotopic (exact) mass is 380 g/mol. The molecular formula is C23H28N2O3. The molecular weight excluding hydrogens is 352 g/mol. The molecule has 5 nitrogen and oxygen atoms in total. The Morgan fingerprint density at radius 3 is 2.54 bits per heavy atom. The standard InChI is InChI=1S/C23H28N2O3/c26-22(19-10-13-24-16-19)25-23(11-14-27-15-12-23)20-6-8-21(9-7-20)28-17-18-4-2-1-3-5-18/h1-9,19,24H,10-17H2,(H,25,26). The van der Waals surface area contributed by atoms with Crippen LogP contribution in [0.2, 0.25) is 0 Å². The molecule has 1 amide bonds. The molecule has 148 valence electrons. The minimum Gasteiger partial charge on any atom is -0.489 e. The molecule has 2 aromatic carbocycles. The third-order valence-corrected chi connectivity index (χ3v) is 5.80. The highest BCUT2D eigenvalue weighted by atomic mass is 16.5. The van der Waals surface area contributed by atoms with E-state index < -0.39 is 0 Å². The van der Waals surface area contributed by atoms with E-state index in [1.807, 2.05) is 30.3 Å². The van der Waals surface area contributed by atoms with Gasteiger partial charge in [0.15, 0.2) is 0 Å². The quantitative estimate of drug-likeness (QED) is 0.809. The van der Waals surface area contributed by atoms with Crippen LogP contribution in [-0.2, 0) is 21.7 Å². The Kier molecular flexibility index (Phi) is 5.93. The van der Waals surface area contributed by atoms with Gasteiger partial charge in [0.1, 0.15) is 12.4 Å². The zero-order valence-electron chi connectivity index (χ0n) is 16.2. The first-order valence-electron chi connectivity index (χ1n) is 10.1. The molecule has 2 N–H and O–H groups in total. The molecule has 2 fully saturated rings. The van der Waals surface area contributed by atoms with Crippen molar-refractivity contribution in [3.8, 4) is 5.75 Å². The highest BCUT2D eigenvalue weighted by molar-refractivity contribution is 5.80. The van der Waals surface area contributed by atoms with Crippen molar-refractivity contribution in [3.63, 3.8) is 0 Å². The van der Waals surface area contributed by atoms with Crippen molar-refractivity contribution in [2.24, 2.45) is 5.92 Å². The predicted molar refractivity (Wildman–Crippen MR) is 108 cm³/mol. The lowest BCUT2D eigenvalue weighted by Crippen LogP contribution is -2.51. The Labute approximate surface area is 166 Å². The summed E-state index contributed by atoms with van der Waals surface area (Å²) in [5, 5.41) is 6.64. The Morgan fingerprint density at radius 2 is 1.86 bits per heavy atom. The van der Waals surface area contributed by atoms with Gasteiger partial charge in [-0.1, -0.05) is 42.5 Å². The zero-order chi connectivity index (χ0) is 19.2. The summed E-state index contributed by atoms with van der Waals surface area (Å²) in [5.41, 5.74) is 1.92. The smallest absolute Gasteiger partial charge is 0.225 e. The normalized spacial score (nSPS) is 21.2. The van der Waals surface area contributed by atoms with Gasteiger partial charge in [-0.3, -0.25) is 4.79 Å². The van der Waals surface area contributed by atoms with Crippen molar-refractivity contribution >= 4 is 5.91 Å². The van der Waals surface area contributed by atoms with E-state index in [0.717, 1.165) is 49.2 Å². The fourth-order valence-corrected chi connectivity index (χ4v) is 4.03. The number of hydrogen-bond acceptors (Lipinski definition) is 4. The van der Waals surface area contributed by atoms with Gasteiger partial charge in [-0.15, -0.1) is 0 Å². The second-order valence-electron chi connectivity index (χ2n) is 7.67. The number of ether oxygens (including phenoxy) is 2. The average Bonchev–Trinajstić information content (AvgIpc) is 3.29. The Balaban J connectivity index is 1.46. The second kappa shape index (κ2) is 8.76. The molecule has 2 saturated heterocycles. The molecule has 0 aliphatic carbocycles. The van der Waals surface area contributed by atoms with Crippen molar-refractivity contribution in [1.82, 2.24) is 10.6 Å². The molecule has 0 saturated carbocycles. The highest BCUT2D eigenvalue weighted by Gasteiger charge is 2.38. The maximum atomic E-state index is 12.8. The topological polar surface area (TPSA) is 59.6 Å². The molecule has 0 aromatic heterocycles. The third-order valence-electron chi connectivity index (χ3n) is 5.80. The molecule has 0 bridgehead atoms. The summed E-state index contributed by atoms with van der Waals surface area (Å²) in [6.45, 7) is 3.56. The van der Waals surface area contributed by atoms with Crippen LogP contribution >= 0.6 is 0 Å². The Morgan fingerprint density at radius 1 is 1.11 bits per heavy atom. The van der Waals surface area contributed by atoms with Gasteiger partial charge >= 0.3 is 0 Å². The summed E-state index contributed by atoms with van der Waals surface area (Å²) in [6, 6.07) is 18.3. The molecule has 4 rings (SSSR count). The largest absolute Gasteiger partial charge is 0.489 e. The van der Waals surface area contributed by atoms with E-state index in [0.29, 0.717) is 19.8 Å². The van der Waals surface area contributed by atoms with Crippen molar-refractivity contribution in [2.75, 3.05) is 26.3 Å².